The normalized spacial score (nSPS) is 22.9. The summed E-state index contributed by atoms with van der Waals surface area (Å²) in [5.41, 5.74) is 5.65. The SMILES string of the molecule is CC(C)(CN)CCN1CCC(F)(F)C1. The Morgan fingerprint density at radius 3 is 2.50 bits per heavy atom. The molecule has 1 saturated heterocycles. The molecule has 0 saturated carbocycles. The lowest BCUT2D eigenvalue weighted by atomic mass is 9.89. The van der Waals surface area contributed by atoms with E-state index in [1.807, 2.05) is 4.90 Å². The Morgan fingerprint density at radius 2 is 2.07 bits per heavy atom. The van der Waals surface area contributed by atoms with Crippen molar-refractivity contribution in [2.75, 3.05) is 26.2 Å². The first-order valence-corrected chi connectivity index (χ1v) is 5.15. The number of likely N-dealkylation sites (tertiary alicyclic amines) is 1. The fourth-order valence-electron chi connectivity index (χ4n) is 1.56. The molecule has 0 bridgehead atoms. The van der Waals surface area contributed by atoms with Crippen molar-refractivity contribution in [3.63, 3.8) is 0 Å². The Labute approximate surface area is 84.4 Å². The van der Waals surface area contributed by atoms with Crippen molar-refractivity contribution in [1.82, 2.24) is 4.90 Å². The van der Waals surface area contributed by atoms with Gasteiger partial charge in [0, 0.05) is 13.0 Å². The van der Waals surface area contributed by atoms with E-state index in [2.05, 4.69) is 13.8 Å². The minimum atomic E-state index is -2.47. The number of alkyl halides is 2. The zero-order chi connectivity index (χ0) is 10.8. The lowest BCUT2D eigenvalue weighted by Gasteiger charge is -2.25. The second-order valence-electron chi connectivity index (χ2n) is 5.00. The predicted octanol–water partition coefficient (Wildman–Crippen LogP) is 1.70. The summed E-state index contributed by atoms with van der Waals surface area (Å²) in [5, 5.41) is 0. The van der Waals surface area contributed by atoms with Gasteiger partial charge in [-0.2, -0.15) is 0 Å². The molecule has 0 unspecified atom stereocenters. The summed E-state index contributed by atoms with van der Waals surface area (Å²) in [6, 6.07) is 0. The van der Waals surface area contributed by atoms with Crippen LogP contribution in [-0.4, -0.2) is 37.0 Å². The van der Waals surface area contributed by atoms with E-state index < -0.39 is 5.92 Å². The van der Waals surface area contributed by atoms with Crippen LogP contribution in [0.25, 0.3) is 0 Å². The molecule has 0 atom stereocenters. The molecule has 84 valence electrons. The van der Waals surface area contributed by atoms with E-state index in [9.17, 15) is 8.78 Å². The molecule has 0 aliphatic carbocycles. The van der Waals surface area contributed by atoms with Gasteiger partial charge in [0.05, 0.1) is 6.54 Å². The van der Waals surface area contributed by atoms with Gasteiger partial charge in [0.25, 0.3) is 5.92 Å². The third-order valence-electron chi connectivity index (χ3n) is 2.91. The van der Waals surface area contributed by atoms with Crippen LogP contribution in [0.1, 0.15) is 26.7 Å². The van der Waals surface area contributed by atoms with E-state index in [0.29, 0.717) is 13.1 Å². The summed E-state index contributed by atoms with van der Waals surface area (Å²) in [6.07, 6.45) is 0.898. The molecule has 0 radical (unpaired) electrons. The second-order valence-corrected chi connectivity index (χ2v) is 5.00. The van der Waals surface area contributed by atoms with Crippen LogP contribution in [0.4, 0.5) is 8.78 Å². The molecular formula is C10H20F2N2. The first kappa shape index (κ1) is 11.9. The Kier molecular flexibility index (Phi) is 3.48. The molecule has 1 aliphatic heterocycles. The third kappa shape index (κ3) is 3.50. The van der Waals surface area contributed by atoms with Gasteiger partial charge in [-0.05, 0) is 24.9 Å². The third-order valence-corrected chi connectivity index (χ3v) is 2.91. The molecule has 1 fully saturated rings. The highest BCUT2D eigenvalue weighted by Crippen LogP contribution is 2.28. The van der Waals surface area contributed by atoms with Crippen LogP contribution in [-0.2, 0) is 0 Å². The number of hydrogen-bond donors (Lipinski definition) is 1. The number of rotatable bonds is 4. The van der Waals surface area contributed by atoms with Crippen molar-refractivity contribution in [3.8, 4) is 0 Å². The van der Waals surface area contributed by atoms with Gasteiger partial charge < -0.3 is 5.73 Å². The van der Waals surface area contributed by atoms with E-state index in [0.717, 1.165) is 13.0 Å². The van der Waals surface area contributed by atoms with Crippen LogP contribution in [0.3, 0.4) is 0 Å². The first-order valence-electron chi connectivity index (χ1n) is 5.15. The van der Waals surface area contributed by atoms with E-state index in [1.165, 1.54) is 0 Å². The maximum absolute atomic E-state index is 12.8. The zero-order valence-corrected chi connectivity index (χ0v) is 9.02. The summed E-state index contributed by atoms with van der Waals surface area (Å²) >= 11 is 0. The van der Waals surface area contributed by atoms with Crippen molar-refractivity contribution >= 4 is 0 Å². The van der Waals surface area contributed by atoms with Gasteiger partial charge in [-0.25, -0.2) is 8.78 Å². The van der Waals surface area contributed by atoms with Crippen LogP contribution >= 0.6 is 0 Å². The summed E-state index contributed by atoms with van der Waals surface area (Å²) in [4.78, 5) is 1.83. The lowest BCUT2D eigenvalue weighted by Crippen LogP contribution is -2.32. The van der Waals surface area contributed by atoms with Crippen molar-refractivity contribution in [2.45, 2.75) is 32.6 Å². The quantitative estimate of drug-likeness (QED) is 0.758. The summed E-state index contributed by atoms with van der Waals surface area (Å²) in [7, 11) is 0. The molecule has 4 heteroatoms. The molecule has 1 rings (SSSR count). The van der Waals surface area contributed by atoms with Gasteiger partial charge in [0.1, 0.15) is 0 Å². The van der Waals surface area contributed by atoms with Gasteiger partial charge in [-0.3, -0.25) is 4.90 Å². The number of nitrogens with zero attached hydrogens (tertiary/aromatic N) is 1. The second kappa shape index (κ2) is 4.11. The minimum absolute atomic E-state index is 0.00997. The average molecular weight is 206 g/mol. The van der Waals surface area contributed by atoms with Crippen molar-refractivity contribution in [3.05, 3.63) is 0 Å². The summed E-state index contributed by atoms with van der Waals surface area (Å²) in [5.74, 6) is -2.47. The smallest absolute Gasteiger partial charge is 0.261 e. The van der Waals surface area contributed by atoms with Gasteiger partial charge in [0.15, 0.2) is 0 Å². The summed E-state index contributed by atoms with van der Waals surface area (Å²) < 4.78 is 25.7. The molecular weight excluding hydrogens is 186 g/mol. The Balaban J connectivity index is 2.27. The van der Waals surface area contributed by atoms with Crippen LogP contribution < -0.4 is 5.73 Å². The van der Waals surface area contributed by atoms with E-state index in [1.54, 1.807) is 0 Å². The molecule has 1 aliphatic rings. The van der Waals surface area contributed by atoms with E-state index in [4.69, 9.17) is 5.73 Å². The first-order chi connectivity index (χ1) is 6.35. The van der Waals surface area contributed by atoms with Gasteiger partial charge in [-0.1, -0.05) is 13.8 Å². The largest absolute Gasteiger partial charge is 0.330 e. The van der Waals surface area contributed by atoms with E-state index in [-0.39, 0.29) is 18.4 Å². The summed E-state index contributed by atoms with van der Waals surface area (Å²) in [6.45, 7) is 5.93. The van der Waals surface area contributed by atoms with Gasteiger partial charge in [-0.15, -0.1) is 0 Å². The van der Waals surface area contributed by atoms with Crippen LogP contribution in [0.5, 0.6) is 0 Å². The molecule has 14 heavy (non-hydrogen) atoms. The predicted molar refractivity (Wildman–Crippen MR) is 53.5 cm³/mol. The molecule has 0 aromatic rings. The highest BCUT2D eigenvalue weighted by Gasteiger charge is 2.38. The monoisotopic (exact) mass is 206 g/mol. The van der Waals surface area contributed by atoms with Gasteiger partial charge >= 0.3 is 0 Å². The maximum Gasteiger partial charge on any atom is 0.261 e. The highest BCUT2D eigenvalue weighted by molar-refractivity contribution is 4.83. The molecule has 2 N–H and O–H groups in total. The number of nitrogens with two attached hydrogens (primary N) is 1. The molecule has 0 spiro atoms. The number of halogens is 2. The molecule has 0 aromatic carbocycles. The minimum Gasteiger partial charge on any atom is -0.330 e. The molecule has 0 aromatic heterocycles. The van der Waals surface area contributed by atoms with Crippen molar-refractivity contribution in [2.24, 2.45) is 11.1 Å². The topological polar surface area (TPSA) is 29.3 Å². The Bertz CT molecular complexity index is 193. The van der Waals surface area contributed by atoms with Crippen LogP contribution in [0.2, 0.25) is 0 Å². The fraction of sp³-hybridized carbons (Fsp3) is 1.00. The highest BCUT2D eigenvalue weighted by atomic mass is 19.3. The molecule has 1 heterocycles. The van der Waals surface area contributed by atoms with Crippen molar-refractivity contribution in [1.29, 1.82) is 0 Å². The van der Waals surface area contributed by atoms with Crippen LogP contribution in [0.15, 0.2) is 0 Å². The van der Waals surface area contributed by atoms with Crippen molar-refractivity contribution < 1.29 is 8.78 Å². The molecule has 0 amide bonds. The zero-order valence-electron chi connectivity index (χ0n) is 9.02. The fourth-order valence-corrected chi connectivity index (χ4v) is 1.56. The lowest BCUT2D eigenvalue weighted by molar-refractivity contribution is 0.0113. The maximum atomic E-state index is 12.8. The van der Waals surface area contributed by atoms with Gasteiger partial charge in [0.2, 0.25) is 0 Å². The standard InChI is InChI=1S/C10H20F2N2/c1-9(2,7-13)3-5-14-6-4-10(11,12)8-14/h3-8,13H2,1-2H3. The van der Waals surface area contributed by atoms with Crippen LogP contribution in [0, 0.1) is 5.41 Å². The van der Waals surface area contributed by atoms with E-state index >= 15 is 0 Å². The molecule has 2 nitrogen and oxygen atoms in total. The Morgan fingerprint density at radius 1 is 1.43 bits per heavy atom. The number of hydrogen-bond acceptors (Lipinski definition) is 2. The Hall–Kier alpha value is -0.220. The average Bonchev–Trinajstić information content (AvgIpc) is 2.43.